The van der Waals surface area contributed by atoms with Crippen LogP contribution in [-0.2, 0) is 16.1 Å². The maximum absolute atomic E-state index is 12.4. The molecule has 23 heavy (non-hydrogen) atoms. The molecule has 1 saturated heterocycles. The van der Waals surface area contributed by atoms with Gasteiger partial charge in [-0.1, -0.05) is 6.07 Å². The first-order chi connectivity index (χ1) is 10.7. The zero-order chi connectivity index (χ0) is 17.4. The van der Waals surface area contributed by atoms with Gasteiger partial charge in [0.2, 0.25) is 0 Å². The lowest BCUT2D eigenvalue weighted by Crippen LogP contribution is -2.46. The van der Waals surface area contributed by atoms with E-state index in [0.717, 1.165) is 0 Å². The fourth-order valence-corrected chi connectivity index (χ4v) is 3.00. The molecule has 1 aromatic rings. The molecule has 126 valence electrons. The average Bonchev–Trinajstić information content (AvgIpc) is 2.67. The minimum absolute atomic E-state index is 0.101. The van der Waals surface area contributed by atoms with Crippen molar-refractivity contribution in [2.45, 2.75) is 38.9 Å². The molecule has 1 aromatic carbocycles. The van der Waals surface area contributed by atoms with Crippen LogP contribution < -0.4 is 10.1 Å². The number of nitro groups is 1. The first-order valence-corrected chi connectivity index (χ1v) is 7.19. The number of aryl methyl sites for hydroxylation is 1. The van der Waals surface area contributed by atoms with Crippen LogP contribution in [-0.4, -0.2) is 41.8 Å². The van der Waals surface area contributed by atoms with Crippen molar-refractivity contribution in [1.29, 1.82) is 0 Å². The first-order valence-electron chi connectivity index (χ1n) is 7.19. The third-order valence-corrected chi connectivity index (χ3v) is 3.87. The van der Waals surface area contributed by atoms with E-state index in [1.165, 1.54) is 25.3 Å². The number of carbonyl (C=O) groups excluding carboxylic acids is 1. The van der Waals surface area contributed by atoms with Crippen LogP contribution in [0.15, 0.2) is 12.1 Å². The SMILES string of the molecule is COc1c(C)cc(CC2NC(C)(C)N(OC)C2=O)cc1[N+](=O)[O-]. The Morgan fingerprint density at radius 1 is 1.39 bits per heavy atom. The van der Waals surface area contributed by atoms with Crippen molar-refractivity contribution in [2.24, 2.45) is 0 Å². The summed E-state index contributed by atoms with van der Waals surface area (Å²) in [5.41, 5.74) is 0.611. The van der Waals surface area contributed by atoms with E-state index in [0.29, 0.717) is 17.5 Å². The highest BCUT2D eigenvalue weighted by atomic mass is 16.7. The van der Waals surface area contributed by atoms with Crippen LogP contribution in [0, 0.1) is 17.0 Å². The van der Waals surface area contributed by atoms with Gasteiger partial charge in [0.05, 0.1) is 25.2 Å². The van der Waals surface area contributed by atoms with Gasteiger partial charge in [0.15, 0.2) is 5.75 Å². The Hall–Kier alpha value is -2.19. The van der Waals surface area contributed by atoms with Crippen LogP contribution >= 0.6 is 0 Å². The lowest BCUT2D eigenvalue weighted by Gasteiger charge is -2.28. The molecule has 2 rings (SSSR count). The van der Waals surface area contributed by atoms with Crippen LogP contribution in [0.5, 0.6) is 5.75 Å². The number of methoxy groups -OCH3 is 1. The number of hydrogen-bond acceptors (Lipinski definition) is 6. The Balaban J connectivity index is 2.31. The third-order valence-electron chi connectivity index (χ3n) is 3.87. The van der Waals surface area contributed by atoms with Crippen LogP contribution in [0.2, 0.25) is 0 Å². The Morgan fingerprint density at radius 2 is 2.04 bits per heavy atom. The predicted molar refractivity (Wildman–Crippen MR) is 82.9 cm³/mol. The molecule has 1 atom stereocenters. The molecule has 0 radical (unpaired) electrons. The van der Waals surface area contributed by atoms with Gasteiger partial charge in [-0.25, -0.2) is 5.06 Å². The summed E-state index contributed by atoms with van der Waals surface area (Å²) < 4.78 is 5.10. The Bertz CT molecular complexity index is 644. The molecular formula is C15H21N3O5. The molecule has 8 heteroatoms. The number of hydroxylamine groups is 2. The average molecular weight is 323 g/mol. The number of ether oxygens (including phenoxy) is 1. The van der Waals surface area contributed by atoms with Gasteiger partial charge in [-0.15, -0.1) is 0 Å². The highest BCUT2D eigenvalue weighted by Gasteiger charge is 2.45. The minimum Gasteiger partial charge on any atom is -0.490 e. The van der Waals surface area contributed by atoms with Crippen molar-refractivity contribution in [3.8, 4) is 5.75 Å². The van der Waals surface area contributed by atoms with Crippen LogP contribution in [0.1, 0.15) is 25.0 Å². The normalized spacial score (nSPS) is 20.0. The molecule has 1 aliphatic heterocycles. The van der Waals surface area contributed by atoms with Crippen molar-refractivity contribution < 1.29 is 19.3 Å². The molecule has 1 heterocycles. The summed E-state index contributed by atoms with van der Waals surface area (Å²) in [6.07, 6.45) is 0.327. The summed E-state index contributed by atoms with van der Waals surface area (Å²) in [5.74, 6) is 0.0388. The van der Waals surface area contributed by atoms with Crippen molar-refractivity contribution in [3.05, 3.63) is 33.4 Å². The highest BCUT2D eigenvalue weighted by molar-refractivity contribution is 5.84. The number of carbonyl (C=O) groups is 1. The molecule has 0 saturated carbocycles. The van der Waals surface area contributed by atoms with E-state index in [4.69, 9.17) is 9.57 Å². The van der Waals surface area contributed by atoms with Gasteiger partial charge in [0.25, 0.3) is 5.91 Å². The van der Waals surface area contributed by atoms with Gasteiger partial charge in [0, 0.05) is 6.07 Å². The summed E-state index contributed by atoms with van der Waals surface area (Å²) in [6, 6.07) is 2.74. The van der Waals surface area contributed by atoms with Gasteiger partial charge in [-0.3, -0.25) is 25.1 Å². The minimum atomic E-state index is -0.635. The van der Waals surface area contributed by atoms with Crippen LogP contribution in [0.3, 0.4) is 0 Å². The standard InChI is InChI=1S/C15H21N3O5/c1-9-6-10(8-12(18(20)21)13(9)22-4)7-11-14(19)17(23-5)15(2,3)16-11/h6,8,11,16H,7H2,1-5H3. The molecule has 8 nitrogen and oxygen atoms in total. The lowest BCUT2D eigenvalue weighted by molar-refractivity contribution is -0.385. The van der Waals surface area contributed by atoms with Crippen LogP contribution in [0.4, 0.5) is 5.69 Å². The van der Waals surface area contributed by atoms with Gasteiger partial charge in [-0.05, 0) is 38.3 Å². The quantitative estimate of drug-likeness (QED) is 0.653. The number of rotatable bonds is 5. The molecule has 1 N–H and O–H groups in total. The summed E-state index contributed by atoms with van der Waals surface area (Å²) in [4.78, 5) is 28.2. The van der Waals surface area contributed by atoms with Crippen molar-refractivity contribution >= 4 is 11.6 Å². The highest BCUT2D eigenvalue weighted by Crippen LogP contribution is 2.33. The van der Waals surface area contributed by atoms with E-state index >= 15 is 0 Å². The van der Waals surface area contributed by atoms with Crippen molar-refractivity contribution in [1.82, 2.24) is 10.4 Å². The van der Waals surface area contributed by atoms with E-state index in [9.17, 15) is 14.9 Å². The second-order valence-corrected chi connectivity index (χ2v) is 6.00. The van der Waals surface area contributed by atoms with Crippen molar-refractivity contribution in [3.63, 3.8) is 0 Å². The maximum atomic E-state index is 12.4. The van der Waals surface area contributed by atoms with E-state index in [1.54, 1.807) is 13.0 Å². The molecule has 1 aliphatic rings. The smallest absolute Gasteiger partial charge is 0.311 e. The topological polar surface area (TPSA) is 93.9 Å². The zero-order valence-electron chi connectivity index (χ0n) is 13.9. The lowest BCUT2D eigenvalue weighted by atomic mass is 10.0. The molecule has 0 aliphatic carbocycles. The van der Waals surface area contributed by atoms with Gasteiger partial charge >= 0.3 is 5.69 Å². The van der Waals surface area contributed by atoms with E-state index < -0.39 is 16.6 Å². The van der Waals surface area contributed by atoms with E-state index in [1.807, 2.05) is 13.8 Å². The van der Waals surface area contributed by atoms with Crippen LogP contribution in [0.25, 0.3) is 0 Å². The molecule has 0 aromatic heterocycles. The summed E-state index contributed by atoms with van der Waals surface area (Å²) >= 11 is 0. The number of benzene rings is 1. The summed E-state index contributed by atoms with van der Waals surface area (Å²) in [7, 11) is 2.84. The number of amides is 1. The molecule has 0 bridgehead atoms. The monoisotopic (exact) mass is 323 g/mol. The molecule has 1 unspecified atom stereocenters. The maximum Gasteiger partial charge on any atom is 0.311 e. The molecular weight excluding hydrogens is 302 g/mol. The largest absolute Gasteiger partial charge is 0.490 e. The van der Waals surface area contributed by atoms with E-state index in [2.05, 4.69) is 5.32 Å². The molecule has 1 amide bonds. The number of nitrogens with zero attached hydrogens (tertiary/aromatic N) is 2. The summed E-state index contributed by atoms with van der Waals surface area (Å²) in [6.45, 7) is 5.40. The van der Waals surface area contributed by atoms with Gasteiger partial charge in [-0.2, -0.15) is 0 Å². The molecule has 0 spiro atoms. The van der Waals surface area contributed by atoms with E-state index in [-0.39, 0.29) is 17.3 Å². The fraction of sp³-hybridized carbons (Fsp3) is 0.533. The fourth-order valence-electron chi connectivity index (χ4n) is 3.00. The predicted octanol–water partition coefficient (Wildman–Crippen LogP) is 1.55. The van der Waals surface area contributed by atoms with Crippen molar-refractivity contribution in [2.75, 3.05) is 14.2 Å². The number of hydrogen-bond donors (Lipinski definition) is 1. The Morgan fingerprint density at radius 3 is 2.52 bits per heavy atom. The first kappa shape index (κ1) is 17.2. The summed E-state index contributed by atoms with van der Waals surface area (Å²) in [5, 5.41) is 15.7. The molecule has 1 fully saturated rings. The zero-order valence-corrected chi connectivity index (χ0v) is 13.9. The van der Waals surface area contributed by atoms with Gasteiger partial charge in [0.1, 0.15) is 5.66 Å². The Labute approximate surface area is 134 Å². The van der Waals surface area contributed by atoms with Gasteiger partial charge < -0.3 is 4.74 Å². The third kappa shape index (κ3) is 3.13. The number of nitro benzene ring substituents is 1. The second-order valence-electron chi connectivity index (χ2n) is 6.00. The Kier molecular flexibility index (Phi) is 4.58. The second kappa shape index (κ2) is 6.13. The number of nitrogens with one attached hydrogen (secondary N) is 1.